The van der Waals surface area contributed by atoms with Crippen LogP contribution in [-0.2, 0) is 0 Å². The fourth-order valence-corrected chi connectivity index (χ4v) is 2.50. The van der Waals surface area contributed by atoms with Gasteiger partial charge >= 0.3 is 0 Å². The molecule has 8 heteroatoms. The molecule has 0 saturated heterocycles. The normalized spacial score (nSPS) is 11.2. The molecule has 0 unspecified atom stereocenters. The number of hydrogen-bond acceptors (Lipinski definition) is 6. The summed E-state index contributed by atoms with van der Waals surface area (Å²) < 4.78 is 6.73. The van der Waals surface area contributed by atoms with Gasteiger partial charge in [-0.2, -0.15) is 10.1 Å². The predicted octanol–water partition coefficient (Wildman–Crippen LogP) is 3.16. The lowest BCUT2D eigenvalue weighted by Gasteiger charge is -2.05. The third-order valence-electron chi connectivity index (χ3n) is 3.82. The van der Waals surface area contributed by atoms with E-state index in [1.54, 1.807) is 30.5 Å². The molecule has 1 N–H and O–H groups in total. The van der Waals surface area contributed by atoms with Gasteiger partial charge < -0.3 is 9.84 Å². The Bertz CT molecular complexity index is 1080. The number of hydrogen-bond donors (Lipinski definition) is 1. The van der Waals surface area contributed by atoms with Gasteiger partial charge in [-0.15, -0.1) is 0 Å². The van der Waals surface area contributed by atoms with E-state index in [2.05, 4.69) is 25.5 Å². The summed E-state index contributed by atoms with van der Waals surface area (Å²) in [6.07, 6.45) is 3.10. The minimum Gasteiger partial charge on any atom is -0.339 e. The molecule has 1 amide bonds. The second kappa shape index (κ2) is 6.40. The summed E-state index contributed by atoms with van der Waals surface area (Å²) in [6.45, 7) is 3.97. The second-order valence-electron chi connectivity index (χ2n) is 6.08. The average Bonchev–Trinajstić information content (AvgIpc) is 3.29. The number of carbonyl (C=O) groups is 1. The molecule has 3 heterocycles. The number of fused-ring (bicyclic) bond motifs is 1. The van der Waals surface area contributed by atoms with E-state index in [9.17, 15) is 4.79 Å². The van der Waals surface area contributed by atoms with Crippen molar-refractivity contribution in [1.82, 2.24) is 24.7 Å². The zero-order valence-electron chi connectivity index (χ0n) is 14.2. The number of benzene rings is 1. The van der Waals surface area contributed by atoms with Crippen LogP contribution in [0, 0.1) is 0 Å². The van der Waals surface area contributed by atoms with Crippen LogP contribution in [0.2, 0.25) is 0 Å². The van der Waals surface area contributed by atoms with Crippen molar-refractivity contribution in [3.63, 3.8) is 0 Å². The summed E-state index contributed by atoms with van der Waals surface area (Å²) in [6, 6.07) is 10.8. The lowest BCUT2D eigenvalue weighted by molar-refractivity contribution is 0.102. The highest BCUT2D eigenvalue weighted by atomic mass is 16.5. The Morgan fingerprint density at radius 1 is 1.23 bits per heavy atom. The van der Waals surface area contributed by atoms with Gasteiger partial charge in [-0.3, -0.25) is 4.79 Å². The van der Waals surface area contributed by atoms with Crippen LogP contribution in [0.1, 0.15) is 36.1 Å². The smallest absolute Gasteiger partial charge is 0.276 e. The molecule has 0 aliphatic rings. The summed E-state index contributed by atoms with van der Waals surface area (Å²) in [5.41, 5.74) is 2.34. The van der Waals surface area contributed by atoms with Crippen LogP contribution < -0.4 is 5.32 Å². The van der Waals surface area contributed by atoms with Crippen molar-refractivity contribution < 1.29 is 9.32 Å². The fraction of sp³-hybridized carbons (Fsp3) is 0.167. The topological polar surface area (TPSA) is 98.2 Å². The maximum atomic E-state index is 12.6. The summed E-state index contributed by atoms with van der Waals surface area (Å²) in [4.78, 5) is 21.1. The Morgan fingerprint density at radius 2 is 2.12 bits per heavy atom. The van der Waals surface area contributed by atoms with Crippen LogP contribution in [0.25, 0.3) is 17.0 Å². The van der Waals surface area contributed by atoms with Crippen LogP contribution in [0.4, 0.5) is 5.69 Å². The Kier molecular flexibility index (Phi) is 3.92. The summed E-state index contributed by atoms with van der Waals surface area (Å²) in [5.74, 6) is 0.915. The zero-order chi connectivity index (χ0) is 18.1. The number of nitrogens with one attached hydrogen (secondary N) is 1. The van der Waals surface area contributed by atoms with Crippen molar-refractivity contribution in [2.75, 3.05) is 5.32 Å². The molecular formula is C18H16N6O2. The molecule has 0 aliphatic carbocycles. The van der Waals surface area contributed by atoms with Crippen LogP contribution in [0.15, 0.2) is 53.3 Å². The first kappa shape index (κ1) is 15.9. The molecule has 8 nitrogen and oxygen atoms in total. The first-order chi connectivity index (χ1) is 12.6. The van der Waals surface area contributed by atoms with Gasteiger partial charge in [-0.1, -0.05) is 31.1 Å². The lowest BCUT2D eigenvalue weighted by atomic mass is 10.2. The molecule has 26 heavy (non-hydrogen) atoms. The molecule has 3 aromatic heterocycles. The van der Waals surface area contributed by atoms with E-state index in [4.69, 9.17) is 4.52 Å². The standard InChI is InChI=1S/C18H16N6O2/c1-11(2)18-22-16(23-26-18)12-5-3-6-13(9-12)21-17(25)14-10-19-15-7-4-8-20-24(14)15/h3-11H,1-2H3,(H,21,25). The minimum absolute atomic E-state index is 0.154. The van der Waals surface area contributed by atoms with Gasteiger partial charge in [0.05, 0.1) is 6.20 Å². The first-order valence-corrected chi connectivity index (χ1v) is 8.16. The minimum atomic E-state index is -0.302. The van der Waals surface area contributed by atoms with Crippen LogP contribution in [-0.4, -0.2) is 30.6 Å². The number of aromatic nitrogens is 5. The van der Waals surface area contributed by atoms with E-state index in [1.165, 1.54) is 10.7 Å². The van der Waals surface area contributed by atoms with Crippen molar-refractivity contribution in [1.29, 1.82) is 0 Å². The molecule has 0 fully saturated rings. The van der Waals surface area contributed by atoms with Crippen molar-refractivity contribution >= 4 is 17.2 Å². The average molecular weight is 348 g/mol. The van der Waals surface area contributed by atoms with Gasteiger partial charge in [0.2, 0.25) is 11.7 Å². The Balaban J connectivity index is 1.59. The van der Waals surface area contributed by atoms with E-state index in [-0.39, 0.29) is 11.8 Å². The van der Waals surface area contributed by atoms with Gasteiger partial charge in [0.15, 0.2) is 11.3 Å². The van der Waals surface area contributed by atoms with E-state index < -0.39 is 0 Å². The van der Waals surface area contributed by atoms with Gasteiger partial charge in [0, 0.05) is 23.4 Å². The predicted molar refractivity (Wildman–Crippen MR) is 94.8 cm³/mol. The third kappa shape index (κ3) is 2.92. The molecule has 0 aliphatic heterocycles. The largest absolute Gasteiger partial charge is 0.339 e. The van der Waals surface area contributed by atoms with Gasteiger partial charge in [0.25, 0.3) is 5.91 Å². The SMILES string of the molecule is CC(C)c1nc(-c2cccc(NC(=O)c3cnc4cccnn34)c2)no1. The van der Waals surface area contributed by atoms with E-state index in [1.807, 2.05) is 26.0 Å². The summed E-state index contributed by atoms with van der Waals surface area (Å²) in [5, 5.41) is 11.0. The molecule has 0 bridgehead atoms. The number of rotatable bonds is 4. The highest BCUT2D eigenvalue weighted by molar-refractivity contribution is 6.03. The van der Waals surface area contributed by atoms with Gasteiger partial charge in [-0.25, -0.2) is 9.50 Å². The van der Waals surface area contributed by atoms with Gasteiger partial charge in [-0.05, 0) is 24.3 Å². The van der Waals surface area contributed by atoms with E-state index >= 15 is 0 Å². The second-order valence-corrected chi connectivity index (χ2v) is 6.08. The monoisotopic (exact) mass is 348 g/mol. The quantitative estimate of drug-likeness (QED) is 0.608. The molecule has 4 aromatic rings. The zero-order valence-corrected chi connectivity index (χ0v) is 14.2. The highest BCUT2D eigenvalue weighted by Gasteiger charge is 2.15. The molecule has 0 radical (unpaired) electrons. The first-order valence-electron chi connectivity index (χ1n) is 8.16. The molecule has 0 atom stereocenters. The number of nitrogens with zero attached hydrogens (tertiary/aromatic N) is 5. The van der Waals surface area contributed by atoms with E-state index in [0.29, 0.717) is 28.7 Å². The maximum absolute atomic E-state index is 12.6. The van der Waals surface area contributed by atoms with Crippen molar-refractivity contribution in [2.45, 2.75) is 19.8 Å². The molecule has 0 saturated carbocycles. The summed E-state index contributed by atoms with van der Waals surface area (Å²) in [7, 11) is 0. The Morgan fingerprint density at radius 3 is 2.92 bits per heavy atom. The van der Waals surface area contributed by atoms with Crippen LogP contribution in [0.3, 0.4) is 0 Å². The number of imidazole rings is 1. The number of amides is 1. The lowest BCUT2D eigenvalue weighted by Crippen LogP contribution is -2.15. The van der Waals surface area contributed by atoms with Crippen molar-refractivity contribution in [3.05, 3.63) is 60.4 Å². The fourth-order valence-electron chi connectivity index (χ4n) is 2.50. The number of anilines is 1. The molecule has 0 spiro atoms. The Labute approximate surface area is 148 Å². The molecular weight excluding hydrogens is 332 g/mol. The highest BCUT2D eigenvalue weighted by Crippen LogP contribution is 2.22. The third-order valence-corrected chi connectivity index (χ3v) is 3.82. The van der Waals surface area contributed by atoms with E-state index in [0.717, 1.165) is 5.56 Å². The van der Waals surface area contributed by atoms with Crippen LogP contribution in [0.5, 0.6) is 0 Å². The summed E-state index contributed by atoms with van der Waals surface area (Å²) >= 11 is 0. The molecule has 4 rings (SSSR count). The van der Waals surface area contributed by atoms with Gasteiger partial charge in [0.1, 0.15) is 0 Å². The number of carbonyl (C=O) groups excluding carboxylic acids is 1. The maximum Gasteiger partial charge on any atom is 0.276 e. The molecule has 130 valence electrons. The Hall–Kier alpha value is -3.55. The van der Waals surface area contributed by atoms with Crippen molar-refractivity contribution in [3.8, 4) is 11.4 Å². The molecule has 1 aromatic carbocycles. The van der Waals surface area contributed by atoms with Crippen LogP contribution >= 0.6 is 0 Å². The van der Waals surface area contributed by atoms with Crippen molar-refractivity contribution in [2.24, 2.45) is 0 Å².